The predicted molar refractivity (Wildman–Crippen MR) is 101 cm³/mol. The zero-order valence-corrected chi connectivity index (χ0v) is 15.3. The molecule has 1 heterocycles. The predicted octanol–water partition coefficient (Wildman–Crippen LogP) is 2.21. The number of benzene rings is 1. The second-order valence-corrected chi connectivity index (χ2v) is 8.91. The summed E-state index contributed by atoms with van der Waals surface area (Å²) in [7, 11) is 0. The Labute approximate surface area is 154 Å². The quantitative estimate of drug-likeness (QED) is 0.640. The Balaban J connectivity index is 1.42. The van der Waals surface area contributed by atoms with Crippen LogP contribution in [0.15, 0.2) is 18.2 Å². The molecule has 4 aliphatic carbocycles. The van der Waals surface area contributed by atoms with E-state index in [1.165, 1.54) is 32.1 Å². The highest BCUT2D eigenvalue weighted by atomic mass is 16.6. The number of nitro benzene ring substituents is 1. The topological polar surface area (TPSA) is 75.0 Å². The smallest absolute Gasteiger partial charge is 0.292 e. The molecule has 0 aromatic heterocycles. The molecule has 140 valence electrons. The molecule has 0 amide bonds. The van der Waals surface area contributed by atoms with Crippen molar-refractivity contribution < 1.29 is 10.2 Å². The van der Waals surface area contributed by atoms with Gasteiger partial charge >= 0.3 is 0 Å². The normalized spacial score (nSPS) is 35.5. The van der Waals surface area contributed by atoms with Crippen molar-refractivity contribution in [2.24, 2.45) is 23.7 Å². The number of nitro groups is 1. The molecule has 0 atom stereocenters. The lowest BCUT2D eigenvalue weighted by atomic mass is 9.54. The average Bonchev–Trinajstić information content (AvgIpc) is 2.64. The molecule has 1 aliphatic heterocycles. The van der Waals surface area contributed by atoms with E-state index in [0.29, 0.717) is 17.9 Å². The third-order valence-electron chi connectivity index (χ3n) is 7.30. The van der Waals surface area contributed by atoms with Crippen molar-refractivity contribution in [3.8, 4) is 0 Å². The van der Waals surface area contributed by atoms with Crippen LogP contribution in [0.5, 0.6) is 0 Å². The van der Waals surface area contributed by atoms with Crippen molar-refractivity contribution in [2.45, 2.75) is 38.1 Å². The van der Waals surface area contributed by atoms with Gasteiger partial charge in [0.2, 0.25) is 0 Å². The number of piperazine rings is 1. The van der Waals surface area contributed by atoms with E-state index in [9.17, 15) is 10.1 Å². The Morgan fingerprint density at radius 3 is 2.31 bits per heavy atom. The number of anilines is 2. The molecule has 0 unspecified atom stereocenters. The van der Waals surface area contributed by atoms with Crippen LogP contribution in [0.1, 0.15) is 32.1 Å². The van der Waals surface area contributed by atoms with E-state index in [2.05, 4.69) is 15.5 Å². The van der Waals surface area contributed by atoms with E-state index >= 15 is 0 Å². The van der Waals surface area contributed by atoms with Gasteiger partial charge in [0, 0.05) is 17.8 Å². The second kappa shape index (κ2) is 6.41. The molecule has 1 aromatic carbocycles. The Kier molecular flexibility index (Phi) is 4.03. The van der Waals surface area contributed by atoms with Crippen LogP contribution in [-0.4, -0.2) is 37.1 Å². The van der Waals surface area contributed by atoms with Gasteiger partial charge in [0.15, 0.2) is 0 Å². The molecular weight excluding hydrogens is 328 g/mol. The SMILES string of the molecule is O=[N+]([O-])c1ccc(N2CC[NH2+]CC2)cc1NC1C2CC3CC(C2)CC1C3. The highest BCUT2D eigenvalue weighted by molar-refractivity contribution is 5.69. The van der Waals surface area contributed by atoms with Gasteiger partial charge in [-0.05, 0) is 67.9 Å². The fourth-order valence-corrected chi connectivity index (χ4v) is 6.34. The van der Waals surface area contributed by atoms with Gasteiger partial charge < -0.3 is 15.5 Å². The van der Waals surface area contributed by atoms with Gasteiger partial charge in [-0.2, -0.15) is 0 Å². The standard InChI is InChI=1S/C20H28N4O2/c25-24(26)19-2-1-17(23-5-3-21-4-6-23)12-18(19)22-20-15-8-13-7-14(10-15)11-16(20)9-13/h1-2,12-16,20-22H,3-11H2/p+1. The lowest BCUT2D eigenvalue weighted by Gasteiger charge is -2.54. The molecule has 5 fully saturated rings. The molecule has 6 heteroatoms. The Hall–Kier alpha value is -1.82. The summed E-state index contributed by atoms with van der Waals surface area (Å²) in [5, 5.41) is 17.6. The van der Waals surface area contributed by atoms with E-state index in [1.54, 1.807) is 6.07 Å². The van der Waals surface area contributed by atoms with Gasteiger partial charge in [0.05, 0.1) is 31.1 Å². The van der Waals surface area contributed by atoms with E-state index in [0.717, 1.165) is 49.4 Å². The van der Waals surface area contributed by atoms with Crippen LogP contribution in [0.2, 0.25) is 0 Å². The van der Waals surface area contributed by atoms with E-state index in [-0.39, 0.29) is 10.6 Å². The molecule has 1 saturated heterocycles. The molecule has 0 spiro atoms. The second-order valence-electron chi connectivity index (χ2n) is 8.91. The van der Waals surface area contributed by atoms with Crippen LogP contribution in [-0.2, 0) is 0 Å². The number of rotatable bonds is 4. The third kappa shape index (κ3) is 2.84. The molecule has 6 rings (SSSR count). The van der Waals surface area contributed by atoms with Crippen LogP contribution in [0.3, 0.4) is 0 Å². The lowest BCUT2D eigenvalue weighted by Crippen LogP contribution is -2.89. The lowest BCUT2D eigenvalue weighted by molar-refractivity contribution is -0.655. The maximum atomic E-state index is 11.6. The third-order valence-corrected chi connectivity index (χ3v) is 7.30. The fraction of sp³-hybridized carbons (Fsp3) is 0.700. The zero-order valence-electron chi connectivity index (χ0n) is 15.3. The highest BCUT2D eigenvalue weighted by Crippen LogP contribution is 2.54. The first kappa shape index (κ1) is 16.4. The van der Waals surface area contributed by atoms with Crippen molar-refractivity contribution in [3.63, 3.8) is 0 Å². The van der Waals surface area contributed by atoms with Crippen LogP contribution < -0.4 is 15.5 Å². The number of quaternary nitrogens is 1. The summed E-state index contributed by atoms with van der Waals surface area (Å²) in [4.78, 5) is 13.7. The number of nitrogens with one attached hydrogen (secondary N) is 1. The first-order valence-corrected chi connectivity index (χ1v) is 10.3. The van der Waals surface area contributed by atoms with Gasteiger partial charge in [-0.3, -0.25) is 10.1 Å². The molecule has 5 aliphatic rings. The summed E-state index contributed by atoms with van der Waals surface area (Å²) >= 11 is 0. The summed E-state index contributed by atoms with van der Waals surface area (Å²) in [5.41, 5.74) is 2.08. The average molecular weight is 357 g/mol. The van der Waals surface area contributed by atoms with E-state index in [4.69, 9.17) is 0 Å². The molecule has 4 bridgehead atoms. The minimum atomic E-state index is -0.230. The molecule has 4 saturated carbocycles. The fourth-order valence-electron chi connectivity index (χ4n) is 6.34. The van der Waals surface area contributed by atoms with Crippen LogP contribution in [0.25, 0.3) is 0 Å². The highest BCUT2D eigenvalue weighted by Gasteiger charge is 2.48. The Morgan fingerprint density at radius 2 is 1.69 bits per heavy atom. The summed E-state index contributed by atoms with van der Waals surface area (Å²) in [6, 6.07) is 6.08. The van der Waals surface area contributed by atoms with Crippen molar-refractivity contribution in [3.05, 3.63) is 28.3 Å². The Bertz CT molecular complexity index is 673. The summed E-state index contributed by atoms with van der Waals surface area (Å²) in [6.07, 6.45) is 6.71. The summed E-state index contributed by atoms with van der Waals surface area (Å²) in [5.74, 6) is 3.25. The molecule has 26 heavy (non-hydrogen) atoms. The van der Waals surface area contributed by atoms with Gasteiger partial charge in [-0.15, -0.1) is 0 Å². The van der Waals surface area contributed by atoms with Gasteiger partial charge in [-0.1, -0.05) is 0 Å². The van der Waals surface area contributed by atoms with E-state index < -0.39 is 0 Å². The van der Waals surface area contributed by atoms with Crippen molar-refractivity contribution in [1.82, 2.24) is 0 Å². The molecule has 3 N–H and O–H groups in total. The summed E-state index contributed by atoms with van der Waals surface area (Å²) in [6.45, 7) is 4.20. The first-order valence-electron chi connectivity index (χ1n) is 10.3. The summed E-state index contributed by atoms with van der Waals surface area (Å²) < 4.78 is 0. The molecule has 0 radical (unpaired) electrons. The number of hydrogen-bond donors (Lipinski definition) is 2. The van der Waals surface area contributed by atoms with Gasteiger partial charge in [-0.25, -0.2) is 0 Å². The minimum absolute atomic E-state index is 0.228. The minimum Gasteiger partial charge on any atom is -0.376 e. The van der Waals surface area contributed by atoms with Crippen LogP contribution >= 0.6 is 0 Å². The maximum Gasteiger partial charge on any atom is 0.292 e. The van der Waals surface area contributed by atoms with E-state index in [1.807, 2.05) is 12.1 Å². The Morgan fingerprint density at radius 1 is 1.04 bits per heavy atom. The largest absolute Gasteiger partial charge is 0.376 e. The van der Waals surface area contributed by atoms with Gasteiger partial charge in [0.1, 0.15) is 5.69 Å². The van der Waals surface area contributed by atoms with Crippen LogP contribution in [0.4, 0.5) is 17.1 Å². The number of nitrogens with two attached hydrogens (primary N) is 1. The van der Waals surface area contributed by atoms with Crippen LogP contribution in [0, 0.1) is 33.8 Å². The molecular formula is C20H29N4O2+. The zero-order chi connectivity index (χ0) is 17.7. The maximum absolute atomic E-state index is 11.6. The monoisotopic (exact) mass is 357 g/mol. The van der Waals surface area contributed by atoms with Crippen molar-refractivity contribution >= 4 is 17.1 Å². The van der Waals surface area contributed by atoms with Crippen molar-refractivity contribution in [1.29, 1.82) is 0 Å². The first-order chi connectivity index (χ1) is 12.7. The molecule has 6 nitrogen and oxygen atoms in total. The number of nitrogens with zero attached hydrogens (tertiary/aromatic N) is 2. The molecule has 1 aromatic rings. The van der Waals surface area contributed by atoms with Gasteiger partial charge in [0.25, 0.3) is 5.69 Å². The number of hydrogen-bond acceptors (Lipinski definition) is 4. The van der Waals surface area contributed by atoms with Crippen molar-refractivity contribution in [2.75, 3.05) is 36.4 Å².